The fraction of sp³-hybridized carbons (Fsp3) is 0.406. The van der Waals surface area contributed by atoms with E-state index in [0.29, 0.717) is 45.8 Å². The number of halogens is 2. The monoisotopic (exact) mass is 541 g/mol. The van der Waals surface area contributed by atoms with E-state index in [2.05, 4.69) is 10.3 Å². The minimum atomic E-state index is -0.650. The maximum Gasteiger partial charge on any atom is 0.253 e. The number of benzene rings is 2. The zero-order valence-electron chi connectivity index (χ0n) is 22.4. The maximum atomic E-state index is 14.5. The van der Waals surface area contributed by atoms with E-state index in [1.165, 1.54) is 38.2 Å². The number of carbonyl (C=O) groups excluding carboxylic acids is 1. The molecule has 1 atom stereocenters. The fourth-order valence-electron chi connectivity index (χ4n) is 6.94. The highest BCUT2D eigenvalue weighted by Crippen LogP contribution is 2.42. The van der Waals surface area contributed by atoms with Gasteiger partial charge in [0.05, 0.1) is 11.2 Å². The molecule has 0 spiro atoms. The SMILES string of the molecule is O=C(c1ccc(-c2cc(NC3CC4CCC3CC4)nc(-c3c[nH]c4c(F)cc(F)cc34)n2)cc1)N1CCCCC1. The Morgan fingerprint density at radius 3 is 2.45 bits per heavy atom. The van der Waals surface area contributed by atoms with Crippen LogP contribution >= 0.6 is 0 Å². The zero-order chi connectivity index (χ0) is 27.2. The molecule has 1 aliphatic heterocycles. The minimum absolute atomic E-state index is 0.0622. The molecule has 4 fully saturated rings. The van der Waals surface area contributed by atoms with Gasteiger partial charge >= 0.3 is 0 Å². The topological polar surface area (TPSA) is 73.9 Å². The Bertz CT molecular complexity index is 1550. The van der Waals surface area contributed by atoms with Crippen molar-refractivity contribution in [3.63, 3.8) is 0 Å². The van der Waals surface area contributed by atoms with E-state index in [4.69, 9.17) is 9.97 Å². The first kappa shape index (κ1) is 25.2. The van der Waals surface area contributed by atoms with E-state index in [-0.39, 0.29) is 11.4 Å². The second-order valence-corrected chi connectivity index (χ2v) is 11.7. The molecule has 8 rings (SSSR count). The molecule has 3 aliphatic carbocycles. The number of amides is 1. The van der Waals surface area contributed by atoms with E-state index in [1.807, 2.05) is 35.2 Å². The predicted molar refractivity (Wildman–Crippen MR) is 152 cm³/mol. The van der Waals surface area contributed by atoms with Crippen molar-refractivity contribution in [2.45, 2.75) is 57.4 Å². The molecule has 40 heavy (non-hydrogen) atoms. The molecule has 8 heteroatoms. The molecule has 4 aliphatic rings. The van der Waals surface area contributed by atoms with Crippen LogP contribution in [0.5, 0.6) is 0 Å². The number of likely N-dealkylation sites (tertiary alicyclic amines) is 1. The Morgan fingerprint density at radius 2 is 1.73 bits per heavy atom. The van der Waals surface area contributed by atoms with E-state index >= 15 is 0 Å². The van der Waals surface area contributed by atoms with E-state index < -0.39 is 11.6 Å². The number of piperidine rings is 1. The van der Waals surface area contributed by atoms with Crippen LogP contribution in [0.1, 0.15) is 61.7 Å². The second kappa shape index (κ2) is 10.3. The van der Waals surface area contributed by atoms with Crippen LogP contribution < -0.4 is 5.32 Å². The standard InChI is InChI=1S/C32H33F2N5O/c33-23-15-24-25(18-35-30(24)26(34)16-23)31-37-28(17-29(38-31)36-27-14-19-4-6-20(27)7-5-19)21-8-10-22(11-9-21)32(40)39-12-2-1-3-13-39/h8-11,15-20,27,35H,1-7,12-14H2,(H,36,37,38). The van der Waals surface area contributed by atoms with E-state index in [1.54, 1.807) is 6.20 Å². The largest absolute Gasteiger partial charge is 0.367 e. The number of nitrogens with one attached hydrogen (secondary N) is 2. The summed E-state index contributed by atoms with van der Waals surface area (Å²) in [5, 5.41) is 4.10. The number of hydrogen-bond acceptors (Lipinski definition) is 4. The quantitative estimate of drug-likeness (QED) is 0.281. The summed E-state index contributed by atoms with van der Waals surface area (Å²) in [6.45, 7) is 1.61. The van der Waals surface area contributed by atoms with Gasteiger partial charge in [0, 0.05) is 59.5 Å². The van der Waals surface area contributed by atoms with Crippen molar-refractivity contribution >= 4 is 22.6 Å². The number of rotatable bonds is 5. The van der Waals surface area contributed by atoms with Crippen LogP contribution in [-0.2, 0) is 0 Å². The molecular weight excluding hydrogens is 508 g/mol. The lowest BCUT2D eigenvalue weighted by Gasteiger charge is -2.42. The van der Waals surface area contributed by atoms with Gasteiger partial charge in [-0.2, -0.15) is 0 Å². The number of carbonyl (C=O) groups is 1. The van der Waals surface area contributed by atoms with Gasteiger partial charge in [-0.3, -0.25) is 4.79 Å². The lowest BCUT2D eigenvalue weighted by molar-refractivity contribution is 0.0724. The Balaban J connectivity index is 1.26. The van der Waals surface area contributed by atoms with Crippen LogP contribution in [0.3, 0.4) is 0 Å². The van der Waals surface area contributed by atoms with Crippen molar-refractivity contribution in [3.05, 3.63) is 65.9 Å². The number of aromatic nitrogens is 3. The average molecular weight is 542 g/mol. The minimum Gasteiger partial charge on any atom is -0.367 e. The third-order valence-electron chi connectivity index (χ3n) is 9.12. The van der Waals surface area contributed by atoms with Crippen LogP contribution in [0, 0.1) is 23.5 Å². The third-order valence-corrected chi connectivity index (χ3v) is 9.12. The normalized spacial score (nSPS) is 22.6. The second-order valence-electron chi connectivity index (χ2n) is 11.7. The van der Waals surface area contributed by atoms with Crippen molar-refractivity contribution in [3.8, 4) is 22.6 Å². The molecular formula is C32H33F2N5O. The number of fused-ring (bicyclic) bond motifs is 4. The number of aromatic amines is 1. The van der Waals surface area contributed by atoms with Crippen molar-refractivity contribution in [1.82, 2.24) is 19.9 Å². The highest BCUT2D eigenvalue weighted by Gasteiger charge is 2.35. The molecule has 1 unspecified atom stereocenters. The van der Waals surface area contributed by atoms with Crippen LogP contribution in [0.15, 0.2) is 48.7 Å². The first-order valence-electron chi connectivity index (χ1n) is 14.5. The molecule has 1 saturated heterocycles. The summed E-state index contributed by atoms with van der Waals surface area (Å²) in [6, 6.07) is 12.0. The zero-order valence-corrected chi connectivity index (χ0v) is 22.4. The lowest BCUT2D eigenvalue weighted by Crippen LogP contribution is -2.40. The van der Waals surface area contributed by atoms with E-state index in [0.717, 1.165) is 49.9 Å². The summed E-state index contributed by atoms with van der Waals surface area (Å²) < 4.78 is 28.7. The predicted octanol–water partition coefficient (Wildman–Crippen LogP) is 7.19. The van der Waals surface area contributed by atoms with Crippen molar-refractivity contribution in [2.24, 2.45) is 11.8 Å². The Labute approximate surface area is 232 Å². The molecule has 2 aromatic heterocycles. The first-order chi connectivity index (χ1) is 19.5. The molecule has 2 bridgehead atoms. The third kappa shape index (κ3) is 4.73. The molecule has 206 valence electrons. The van der Waals surface area contributed by atoms with Gasteiger partial charge in [0.2, 0.25) is 0 Å². The van der Waals surface area contributed by atoms with Crippen LogP contribution in [0.25, 0.3) is 33.5 Å². The van der Waals surface area contributed by atoms with Crippen LogP contribution in [0.4, 0.5) is 14.6 Å². The van der Waals surface area contributed by atoms with Gasteiger partial charge in [0.15, 0.2) is 5.82 Å². The van der Waals surface area contributed by atoms with Crippen LogP contribution in [0.2, 0.25) is 0 Å². The summed E-state index contributed by atoms with van der Waals surface area (Å²) >= 11 is 0. The fourth-order valence-corrected chi connectivity index (χ4v) is 6.94. The lowest BCUT2D eigenvalue weighted by atomic mass is 9.68. The number of hydrogen-bond donors (Lipinski definition) is 2. The molecule has 4 aromatic rings. The highest BCUT2D eigenvalue weighted by atomic mass is 19.1. The molecule has 1 amide bonds. The number of nitrogens with zero attached hydrogens (tertiary/aromatic N) is 3. The summed E-state index contributed by atoms with van der Waals surface area (Å²) in [6.07, 6.45) is 11.1. The smallest absolute Gasteiger partial charge is 0.253 e. The van der Waals surface area contributed by atoms with Crippen molar-refractivity contribution in [1.29, 1.82) is 0 Å². The molecule has 0 radical (unpaired) electrons. The first-order valence-corrected chi connectivity index (χ1v) is 14.5. The molecule has 3 saturated carbocycles. The summed E-state index contributed by atoms with van der Waals surface area (Å²) in [5.74, 6) is 1.25. The number of anilines is 1. The van der Waals surface area contributed by atoms with E-state index in [9.17, 15) is 13.6 Å². The summed E-state index contributed by atoms with van der Waals surface area (Å²) in [7, 11) is 0. The molecule has 2 aromatic carbocycles. The molecule has 2 N–H and O–H groups in total. The Morgan fingerprint density at radius 1 is 0.950 bits per heavy atom. The molecule has 6 nitrogen and oxygen atoms in total. The summed E-state index contributed by atoms with van der Waals surface area (Å²) in [5.41, 5.74) is 2.98. The van der Waals surface area contributed by atoms with Gasteiger partial charge in [0.25, 0.3) is 5.91 Å². The van der Waals surface area contributed by atoms with Gasteiger partial charge in [-0.1, -0.05) is 25.0 Å². The molecule has 3 heterocycles. The van der Waals surface area contributed by atoms with Gasteiger partial charge in [-0.05, 0) is 68.6 Å². The van der Waals surface area contributed by atoms with Crippen molar-refractivity contribution < 1.29 is 13.6 Å². The average Bonchev–Trinajstić information content (AvgIpc) is 3.42. The Kier molecular flexibility index (Phi) is 6.48. The Hall–Kier alpha value is -3.81. The van der Waals surface area contributed by atoms with Crippen molar-refractivity contribution in [2.75, 3.05) is 18.4 Å². The van der Waals surface area contributed by atoms with Gasteiger partial charge in [0.1, 0.15) is 17.5 Å². The van der Waals surface area contributed by atoms with Gasteiger partial charge in [-0.25, -0.2) is 18.7 Å². The van der Waals surface area contributed by atoms with Gasteiger partial charge < -0.3 is 15.2 Å². The highest BCUT2D eigenvalue weighted by molar-refractivity contribution is 5.95. The van der Waals surface area contributed by atoms with Crippen LogP contribution in [-0.4, -0.2) is 44.9 Å². The van der Waals surface area contributed by atoms with Gasteiger partial charge in [-0.15, -0.1) is 0 Å². The maximum absolute atomic E-state index is 14.5. The summed E-state index contributed by atoms with van der Waals surface area (Å²) in [4.78, 5) is 27.6. The number of H-pyrrole nitrogens is 1.